The van der Waals surface area contributed by atoms with Gasteiger partial charge in [-0.3, -0.25) is 15.0 Å². The molecule has 3 rings (SSSR count). The number of rotatable bonds is 3. The van der Waals surface area contributed by atoms with Gasteiger partial charge in [0.15, 0.2) is 0 Å². The van der Waals surface area contributed by atoms with Crippen molar-refractivity contribution in [2.75, 3.05) is 5.32 Å². The van der Waals surface area contributed by atoms with Crippen molar-refractivity contribution in [2.45, 2.75) is 13.3 Å². The number of aromatic amines is 2. The van der Waals surface area contributed by atoms with Gasteiger partial charge in [-0.1, -0.05) is 6.92 Å². The van der Waals surface area contributed by atoms with Crippen molar-refractivity contribution in [3.8, 4) is 0 Å². The van der Waals surface area contributed by atoms with Gasteiger partial charge in [0.05, 0.1) is 17.9 Å². The quantitative estimate of drug-likeness (QED) is 0.669. The van der Waals surface area contributed by atoms with Crippen LogP contribution in [0.25, 0.3) is 10.9 Å². The maximum atomic E-state index is 12.2. The molecule has 2 aromatic heterocycles. The SMILES string of the molecule is CCc1cn[nH]c1NC(=O)c1ccc2[nH]ncc2c1. The van der Waals surface area contributed by atoms with Crippen LogP contribution in [0.3, 0.4) is 0 Å². The van der Waals surface area contributed by atoms with Crippen LogP contribution in [0, 0.1) is 0 Å². The first kappa shape index (κ1) is 11.5. The van der Waals surface area contributed by atoms with Crippen LogP contribution in [0.15, 0.2) is 30.6 Å². The fourth-order valence-corrected chi connectivity index (χ4v) is 1.96. The summed E-state index contributed by atoms with van der Waals surface area (Å²) in [6.07, 6.45) is 4.22. The number of H-pyrrole nitrogens is 2. The number of carbonyl (C=O) groups excluding carboxylic acids is 1. The molecule has 1 amide bonds. The molecule has 2 heterocycles. The minimum Gasteiger partial charge on any atom is -0.307 e. The number of carbonyl (C=O) groups is 1. The average molecular weight is 255 g/mol. The molecule has 3 aromatic rings. The number of hydrogen-bond donors (Lipinski definition) is 3. The second-order valence-corrected chi connectivity index (χ2v) is 4.25. The van der Waals surface area contributed by atoms with Crippen LogP contribution in [-0.2, 0) is 6.42 Å². The van der Waals surface area contributed by atoms with Crippen molar-refractivity contribution in [1.29, 1.82) is 0 Å². The Morgan fingerprint density at radius 1 is 1.26 bits per heavy atom. The Kier molecular flexibility index (Phi) is 2.75. The van der Waals surface area contributed by atoms with Gasteiger partial charge in [0.1, 0.15) is 5.82 Å². The largest absolute Gasteiger partial charge is 0.307 e. The summed E-state index contributed by atoms with van der Waals surface area (Å²) in [5, 5.41) is 17.2. The predicted octanol–water partition coefficient (Wildman–Crippen LogP) is 2.10. The zero-order chi connectivity index (χ0) is 13.2. The predicted molar refractivity (Wildman–Crippen MR) is 72.0 cm³/mol. The van der Waals surface area contributed by atoms with Gasteiger partial charge in [0, 0.05) is 16.5 Å². The number of nitrogens with one attached hydrogen (secondary N) is 3. The van der Waals surface area contributed by atoms with Gasteiger partial charge in [-0.2, -0.15) is 10.2 Å². The number of hydrogen-bond acceptors (Lipinski definition) is 3. The lowest BCUT2D eigenvalue weighted by atomic mass is 10.1. The number of anilines is 1. The molecule has 0 saturated heterocycles. The van der Waals surface area contributed by atoms with Gasteiger partial charge in [-0.25, -0.2) is 0 Å². The second-order valence-electron chi connectivity index (χ2n) is 4.25. The van der Waals surface area contributed by atoms with Crippen LogP contribution in [0.5, 0.6) is 0 Å². The van der Waals surface area contributed by atoms with Gasteiger partial charge in [0.25, 0.3) is 5.91 Å². The molecule has 0 unspecified atom stereocenters. The zero-order valence-electron chi connectivity index (χ0n) is 10.4. The molecule has 19 heavy (non-hydrogen) atoms. The molecule has 6 heteroatoms. The van der Waals surface area contributed by atoms with E-state index in [9.17, 15) is 4.79 Å². The number of benzene rings is 1. The summed E-state index contributed by atoms with van der Waals surface area (Å²) in [6, 6.07) is 5.40. The van der Waals surface area contributed by atoms with E-state index >= 15 is 0 Å². The Balaban J connectivity index is 1.87. The third-order valence-electron chi connectivity index (χ3n) is 3.04. The Hall–Kier alpha value is -2.63. The Labute approximate surface area is 109 Å². The first-order chi connectivity index (χ1) is 9.28. The van der Waals surface area contributed by atoms with E-state index in [0.717, 1.165) is 22.9 Å². The molecule has 0 radical (unpaired) electrons. The lowest BCUT2D eigenvalue weighted by Gasteiger charge is -2.04. The van der Waals surface area contributed by atoms with Crippen LogP contribution in [-0.4, -0.2) is 26.3 Å². The summed E-state index contributed by atoms with van der Waals surface area (Å²) < 4.78 is 0. The Morgan fingerprint density at radius 2 is 2.11 bits per heavy atom. The van der Waals surface area contributed by atoms with E-state index in [2.05, 4.69) is 25.7 Å². The molecule has 96 valence electrons. The first-order valence-corrected chi connectivity index (χ1v) is 6.04. The molecule has 0 aliphatic heterocycles. The topological polar surface area (TPSA) is 86.5 Å². The molecule has 0 atom stereocenters. The zero-order valence-corrected chi connectivity index (χ0v) is 10.4. The summed E-state index contributed by atoms with van der Waals surface area (Å²) in [7, 11) is 0. The van der Waals surface area contributed by atoms with Crippen molar-refractivity contribution in [3.05, 3.63) is 41.7 Å². The molecule has 0 saturated carbocycles. The van der Waals surface area contributed by atoms with E-state index < -0.39 is 0 Å². The van der Waals surface area contributed by atoms with Crippen LogP contribution >= 0.6 is 0 Å². The monoisotopic (exact) mass is 255 g/mol. The van der Waals surface area contributed by atoms with Crippen LogP contribution in [0.1, 0.15) is 22.8 Å². The van der Waals surface area contributed by atoms with Crippen LogP contribution in [0.4, 0.5) is 5.82 Å². The van der Waals surface area contributed by atoms with Crippen LogP contribution in [0.2, 0.25) is 0 Å². The highest BCUT2D eigenvalue weighted by atomic mass is 16.1. The maximum Gasteiger partial charge on any atom is 0.256 e. The third kappa shape index (κ3) is 2.08. The molecule has 0 aliphatic rings. The standard InChI is InChI=1S/C13H13N5O/c1-2-8-6-15-18-12(8)16-13(19)9-3-4-11-10(5-9)7-14-17-11/h3-7H,2H2,1H3,(H,14,17)(H2,15,16,18,19). The van der Waals surface area contributed by atoms with Gasteiger partial charge < -0.3 is 5.32 Å². The van der Waals surface area contributed by atoms with Crippen molar-refractivity contribution in [3.63, 3.8) is 0 Å². The van der Waals surface area contributed by atoms with E-state index in [1.165, 1.54) is 0 Å². The Bertz CT molecular complexity index is 727. The van der Waals surface area contributed by atoms with Gasteiger partial charge in [-0.15, -0.1) is 0 Å². The lowest BCUT2D eigenvalue weighted by Crippen LogP contribution is -2.13. The van der Waals surface area contributed by atoms with E-state index in [0.29, 0.717) is 11.4 Å². The maximum absolute atomic E-state index is 12.2. The summed E-state index contributed by atoms with van der Waals surface area (Å²) in [5.74, 6) is 0.488. The normalized spacial score (nSPS) is 10.8. The fourth-order valence-electron chi connectivity index (χ4n) is 1.96. The highest BCUT2D eigenvalue weighted by Crippen LogP contribution is 2.16. The molecule has 0 spiro atoms. The molecular weight excluding hydrogens is 242 g/mol. The number of aromatic nitrogens is 4. The highest BCUT2D eigenvalue weighted by molar-refractivity contribution is 6.06. The number of amides is 1. The number of nitrogens with zero attached hydrogens (tertiary/aromatic N) is 2. The smallest absolute Gasteiger partial charge is 0.256 e. The van der Waals surface area contributed by atoms with E-state index in [-0.39, 0.29) is 5.91 Å². The molecule has 1 aromatic carbocycles. The molecular formula is C13H13N5O. The minimum atomic E-state index is -0.165. The van der Waals surface area contributed by atoms with Gasteiger partial charge >= 0.3 is 0 Å². The number of aryl methyl sites for hydroxylation is 1. The summed E-state index contributed by atoms with van der Waals surface area (Å²) in [5.41, 5.74) is 2.48. The number of fused-ring (bicyclic) bond motifs is 1. The average Bonchev–Trinajstić information content (AvgIpc) is 3.05. The van der Waals surface area contributed by atoms with E-state index in [4.69, 9.17) is 0 Å². The fraction of sp³-hybridized carbons (Fsp3) is 0.154. The molecule has 0 aliphatic carbocycles. The van der Waals surface area contributed by atoms with Crippen molar-refractivity contribution >= 4 is 22.6 Å². The van der Waals surface area contributed by atoms with Gasteiger partial charge in [0.2, 0.25) is 0 Å². The summed E-state index contributed by atoms with van der Waals surface area (Å²) in [4.78, 5) is 12.2. The van der Waals surface area contributed by atoms with E-state index in [1.54, 1.807) is 24.5 Å². The van der Waals surface area contributed by atoms with Crippen molar-refractivity contribution < 1.29 is 4.79 Å². The molecule has 6 nitrogen and oxygen atoms in total. The third-order valence-corrected chi connectivity index (χ3v) is 3.04. The van der Waals surface area contributed by atoms with E-state index in [1.807, 2.05) is 13.0 Å². The van der Waals surface area contributed by atoms with Gasteiger partial charge in [-0.05, 0) is 24.6 Å². The summed E-state index contributed by atoms with van der Waals surface area (Å²) in [6.45, 7) is 2.01. The second kappa shape index (κ2) is 4.56. The molecule has 0 fully saturated rings. The van der Waals surface area contributed by atoms with Crippen molar-refractivity contribution in [1.82, 2.24) is 20.4 Å². The molecule has 3 N–H and O–H groups in total. The highest BCUT2D eigenvalue weighted by Gasteiger charge is 2.10. The molecule has 0 bridgehead atoms. The Morgan fingerprint density at radius 3 is 2.95 bits per heavy atom. The summed E-state index contributed by atoms with van der Waals surface area (Å²) >= 11 is 0. The minimum absolute atomic E-state index is 0.165. The van der Waals surface area contributed by atoms with Crippen molar-refractivity contribution in [2.24, 2.45) is 0 Å². The lowest BCUT2D eigenvalue weighted by molar-refractivity contribution is 0.102. The van der Waals surface area contributed by atoms with Crippen LogP contribution < -0.4 is 5.32 Å². The first-order valence-electron chi connectivity index (χ1n) is 6.04.